The van der Waals surface area contributed by atoms with Gasteiger partial charge in [0.25, 0.3) is 0 Å². The number of piperazine rings is 1. The van der Waals surface area contributed by atoms with E-state index in [9.17, 15) is 0 Å². The van der Waals surface area contributed by atoms with Gasteiger partial charge in [-0.25, -0.2) is 9.97 Å². The Hall–Kier alpha value is -2.49. The van der Waals surface area contributed by atoms with Gasteiger partial charge in [0.2, 0.25) is 0 Å². The van der Waals surface area contributed by atoms with Gasteiger partial charge in [0, 0.05) is 10.4 Å². The molecule has 0 amide bonds. The molecule has 5 rings (SSSR count). The zero-order valence-corrected chi connectivity index (χ0v) is 17.6. The minimum Gasteiger partial charge on any atom is -0.345 e. The van der Waals surface area contributed by atoms with Crippen LogP contribution >= 0.6 is 11.3 Å². The van der Waals surface area contributed by atoms with E-state index in [1.165, 1.54) is 45.5 Å². The normalized spacial score (nSPS) is 19.9. The summed E-state index contributed by atoms with van der Waals surface area (Å²) in [6.45, 7) is 7.64. The number of thiophene rings is 1. The lowest BCUT2D eigenvalue weighted by atomic mass is 9.89. The summed E-state index contributed by atoms with van der Waals surface area (Å²) in [6.07, 6.45) is 5.38. The molecule has 5 nitrogen and oxygen atoms in total. The quantitative estimate of drug-likeness (QED) is 0.729. The van der Waals surface area contributed by atoms with Gasteiger partial charge in [-0.05, 0) is 42.9 Å². The minimum atomic E-state index is 0.731. The lowest BCUT2D eigenvalue weighted by Gasteiger charge is -2.33. The Labute approximate surface area is 175 Å². The van der Waals surface area contributed by atoms with E-state index in [0.717, 1.165) is 50.0 Å². The molecule has 1 aliphatic carbocycles. The van der Waals surface area contributed by atoms with E-state index in [-0.39, 0.29) is 0 Å². The third kappa shape index (κ3) is 3.61. The standard InChI is InChI=1S/C23H25N5S/c1-16-2-7-19-20(12-16)29-23-21(19)22(25-15-26-23)28-10-8-27(9-11-28)14-18-5-3-17(13-24)4-6-18/h3-6,15-16H,2,7-12,14H2,1H3/p+1/t16-/m1/s1. The SMILES string of the molecule is C[C@@H]1CCc2c(sc3ncnc(N4CC[NH+](Cc5ccc(C#N)cc5)CC4)c23)C1. The predicted molar refractivity (Wildman–Crippen MR) is 116 cm³/mol. The maximum atomic E-state index is 8.96. The summed E-state index contributed by atoms with van der Waals surface area (Å²) in [5, 5.41) is 10.3. The van der Waals surface area contributed by atoms with Crippen LogP contribution in [-0.4, -0.2) is 36.1 Å². The second kappa shape index (κ2) is 7.74. The highest BCUT2D eigenvalue weighted by Crippen LogP contribution is 2.40. The number of anilines is 1. The molecule has 1 atom stereocenters. The van der Waals surface area contributed by atoms with E-state index in [1.54, 1.807) is 11.2 Å². The number of nitrogens with zero attached hydrogens (tertiary/aromatic N) is 4. The van der Waals surface area contributed by atoms with Gasteiger partial charge in [-0.2, -0.15) is 5.26 Å². The van der Waals surface area contributed by atoms with Crippen molar-refractivity contribution in [2.24, 2.45) is 5.92 Å². The first-order valence-corrected chi connectivity index (χ1v) is 11.4. The van der Waals surface area contributed by atoms with Crippen molar-refractivity contribution in [1.82, 2.24) is 9.97 Å². The van der Waals surface area contributed by atoms with E-state index < -0.39 is 0 Å². The number of nitriles is 1. The number of hydrogen-bond acceptors (Lipinski definition) is 5. The Morgan fingerprint density at radius 1 is 1.21 bits per heavy atom. The highest BCUT2D eigenvalue weighted by molar-refractivity contribution is 7.19. The molecule has 1 fully saturated rings. The lowest BCUT2D eigenvalue weighted by molar-refractivity contribution is -0.914. The number of nitrogens with one attached hydrogen (secondary N) is 1. The molecule has 148 valence electrons. The van der Waals surface area contributed by atoms with Crippen molar-refractivity contribution in [1.29, 1.82) is 5.26 Å². The topological polar surface area (TPSA) is 57.2 Å². The molecule has 0 bridgehead atoms. The van der Waals surface area contributed by atoms with Gasteiger partial charge in [-0.15, -0.1) is 11.3 Å². The second-order valence-corrected chi connectivity index (χ2v) is 9.54. The molecule has 3 heterocycles. The summed E-state index contributed by atoms with van der Waals surface area (Å²) in [7, 11) is 0. The summed E-state index contributed by atoms with van der Waals surface area (Å²) >= 11 is 1.88. The van der Waals surface area contributed by atoms with Crippen LogP contribution in [0.2, 0.25) is 0 Å². The van der Waals surface area contributed by atoms with Crippen molar-refractivity contribution in [3.63, 3.8) is 0 Å². The van der Waals surface area contributed by atoms with Crippen LogP contribution in [0.25, 0.3) is 10.2 Å². The summed E-state index contributed by atoms with van der Waals surface area (Å²) in [5.74, 6) is 1.93. The van der Waals surface area contributed by atoms with Crippen LogP contribution in [0.5, 0.6) is 0 Å². The van der Waals surface area contributed by atoms with Crippen molar-refractivity contribution in [3.8, 4) is 6.07 Å². The lowest BCUT2D eigenvalue weighted by Crippen LogP contribution is -3.13. The van der Waals surface area contributed by atoms with Gasteiger partial charge in [-0.3, -0.25) is 0 Å². The molecule has 2 aliphatic rings. The largest absolute Gasteiger partial charge is 0.345 e. The number of fused-ring (bicyclic) bond motifs is 3. The highest BCUT2D eigenvalue weighted by atomic mass is 32.1. The summed E-state index contributed by atoms with van der Waals surface area (Å²) in [6, 6.07) is 10.2. The molecule has 1 N–H and O–H groups in total. The zero-order valence-electron chi connectivity index (χ0n) is 16.8. The van der Waals surface area contributed by atoms with Crippen LogP contribution in [0.4, 0.5) is 5.82 Å². The first kappa shape index (κ1) is 18.5. The summed E-state index contributed by atoms with van der Waals surface area (Å²) in [4.78, 5) is 16.1. The van der Waals surface area contributed by atoms with Crippen LogP contribution in [0.15, 0.2) is 30.6 Å². The molecule has 1 aliphatic heterocycles. The van der Waals surface area contributed by atoms with E-state index in [1.807, 2.05) is 23.5 Å². The Bertz CT molecular complexity index is 1060. The molecular weight excluding hydrogens is 378 g/mol. The second-order valence-electron chi connectivity index (χ2n) is 8.45. The predicted octanol–water partition coefficient (Wildman–Crippen LogP) is 2.59. The average Bonchev–Trinajstić information content (AvgIpc) is 3.12. The Balaban J connectivity index is 1.32. The van der Waals surface area contributed by atoms with Crippen LogP contribution in [0, 0.1) is 17.2 Å². The van der Waals surface area contributed by atoms with Gasteiger partial charge < -0.3 is 9.80 Å². The molecule has 0 saturated carbocycles. The smallest absolute Gasteiger partial charge is 0.141 e. The Morgan fingerprint density at radius 2 is 2.00 bits per heavy atom. The van der Waals surface area contributed by atoms with E-state index >= 15 is 0 Å². The maximum Gasteiger partial charge on any atom is 0.141 e. The van der Waals surface area contributed by atoms with Crippen molar-refractivity contribution >= 4 is 27.4 Å². The molecule has 6 heteroatoms. The summed E-state index contributed by atoms with van der Waals surface area (Å²) in [5.41, 5.74) is 3.55. The van der Waals surface area contributed by atoms with Crippen LogP contribution in [0.3, 0.4) is 0 Å². The molecule has 2 aromatic heterocycles. The third-order valence-corrected chi connectivity index (χ3v) is 7.54. The number of aryl methyl sites for hydroxylation is 1. The fourth-order valence-electron chi connectivity index (χ4n) is 4.70. The Kier molecular flexibility index (Phi) is 4.94. The molecule has 0 radical (unpaired) electrons. The number of aromatic nitrogens is 2. The number of quaternary nitrogens is 1. The molecule has 0 unspecified atom stereocenters. The zero-order chi connectivity index (χ0) is 19.8. The Morgan fingerprint density at radius 3 is 2.76 bits per heavy atom. The fourth-order valence-corrected chi connectivity index (χ4v) is 6.04. The van der Waals surface area contributed by atoms with Crippen LogP contribution in [0.1, 0.15) is 34.9 Å². The first-order chi connectivity index (χ1) is 14.2. The van der Waals surface area contributed by atoms with Crippen molar-refractivity contribution < 1.29 is 4.90 Å². The fraction of sp³-hybridized carbons (Fsp3) is 0.435. The van der Waals surface area contributed by atoms with Gasteiger partial charge in [0.1, 0.15) is 23.5 Å². The van der Waals surface area contributed by atoms with E-state index in [4.69, 9.17) is 10.2 Å². The third-order valence-electron chi connectivity index (χ3n) is 6.38. The number of hydrogen-bond donors (Lipinski definition) is 1. The maximum absolute atomic E-state index is 8.96. The van der Waals surface area contributed by atoms with E-state index in [2.05, 4.69) is 35.0 Å². The molecule has 3 aromatic rings. The van der Waals surface area contributed by atoms with Crippen molar-refractivity contribution in [2.45, 2.75) is 32.7 Å². The molecule has 29 heavy (non-hydrogen) atoms. The highest BCUT2D eigenvalue weighted by Gasteiger charge is 2.27. The minimum absolute atomic E-state index is 0.731. The first-order valence-electron chi connectivity index (χ1n) is 10.5. The molecule has 1 aromatic carbocycles. The number of rotatable bonds is 3. The van der Waals surface area contributed by atoms with Gasteiger partial charge in [-0.1, -0.05) is 19.1 Å². The van der Waals surface area contributed by atoms with Crippen molar-refractivity contribution in [3.05, 3.63) is 52.2 Å². The van der Waals surface area contributed by atoms with Gasteiger partial charge in [0.05, 0.1) is 43.2 Å². The molecular formula is C23H26N5S+. The molecule has 1 saturated heterocycles. The summed E-state index contributed by atoms with van der Waals surface area (Å²) < 4.78 is 0. The average molecular weight is 405 g/mol. The van der Waals surface area contributed by atoms with Crippen LogP contribution < -0.4 is 9.80 Å². The van der Waals surface area contributed by atoms with E-state index in [0.29, 0.717) is 0 Å². The van der Waals surface area contributed by atoms with Crippen LogP contribution in [-0.2, 0) is 19.4 Å². The number of benzene rings is 1. The van der Waals surface area contributed by atoms with Gasteiger partial charge >= 0.3 is 0 Å². The van der Waals surface area contributed by atoms with Gasteiger partial charge in [0.15, 0.2) is 0 Å². The van der Waals surface area contributed by atoms with Crippen molar-refractivity contribution in [2.75, 3.05) is 31.1 Å². The monoisotopic (exact) mass is 404 g/mol. The molecule has 0 spiro atoms.